The lowest BCUT2D eigenvalue weighted by Crippen LogP contribution is -2.38. The Morgan fingerprint density at radius 2 is 2.67 bits per heavy atom. The molecule has 2 heterocycles. The van der Waals surface area contributed by atoms with Crippen molar-refractivity contribution < 1.29 is 14.3 Å². The molecule has 1 aliphatic heterocycles. The van der Waals surface area contributed by atoms with Gasteiger partial charge in [0.05, 0.1) is 19.4 Å². The molecule has 0 radical (unpaired) electrons. The van der Waals surface area contributed by atoms with Gasteiger partial charge in [0.2, 0.25) is 0 Å². The standard InChI is InChI=1S/C12H15N3O3/c1-3-9(7-17-2)14-12(16)10-6-13-11-8-18-5-4-15(10)11/h1,6,9H,4-5,7-8H2,2H3,(H,14,16)/t9-/m1/s1. The van der Waals surface area contributed by atoms with Crippen molar-refractivity contribution in [3.8, 4) is 12.3 Å². The van der Waals surface area contributed by atoms with Crippen LogP contribution in [0.5, 0.6) is 0 Å². The molecule has 1 N–H and O–H groups in total. The van der Waals surface area contributed by atoms with Crippen LogP contribution >= 0.6 is 0 Å². The van der Waals surface area contributed by atoms with Crippen LogP contribution in [0.4, 0.5) is 0 Å². The van der Waals surface area contributed by atoms with Crippen LogP contribution in [0.1, 0.15) is 16.3 Å². The Balaban J connectivity index is 2.09. The predicted octanol–water partition coefficient (Wildman–Crippen LogP) is -0.209. The summed E-state index contributed by atoms with van der Waals surface area (Å²) >= 11 is 0. The highest BCUT2D eigenvalue weighted by atomic mass is 16.5. The summed E-state index contributed by atoms with van der Waals surface area (Å²) in [7, 11) is 1.54. The topological polar surface area (TPSA) is 65.4 Å². The fraction of sp³-hybridized carbons (Fsp3) is 0.500. The number of ether oxygens (including phenoxy) is 2. The van der Waals surface area contributed by atoms with Gasteiger partial charge in [0.1, 0.15) is 24.2 Å². The van der Waals surface area contributed by atoms with Gasteiger partial charge in [-0.2, -0.15) is 0 Å². The lowest BCUT2D eigenvalue weighted by atomic mass is 10.3. The number of fused-ring (bicyclic) bond motifs is 1. The summed E-state index contributed by atoms with van der Waals surface area (Å²) in [5.74, 6) is 2.98. The minimum Gasteiger partial charge on any atom is -0.382 e. The van der Waals surface area contributed by atoms with Crippen molar-refractivity contribution in [2.24, 2.45) is 0 Å². The van der Waals surface area contributed by atoms with E-state index in [1.54, 1.807) is 6.20 Å². The predicted molar refractivity (Wildman–Crippen MR) is 63.8 cm³/mol. The van der Waals surface area contributed by atoms with Gasteiger partial charge in [0.15, 0.2) is 0 Å². The summed E-state index contributed by atoms with van der Waals surface area (Å²) in [5, 5.41) is 2.72. The Kier molecular flexibility index (Phi) is 3.97. The van der Waals surface area contributed by atoms with Gasteiger partial charge in [-0.3, -0.25) is 4.79 Å². The third-order valence-corrected chi connectivity index (χ3v) is 2.70. The fourth-order valence-electron chi connectivity index (χ4n) is 1.81. The first-order valence-electron chi connectivity index (χ1n) is 5.64. The Labute approximate surface area is 105 Å². The normalized spacial score (nSPS) is 15.6. The average Bonchev–Trinajstić information content (AvgIpc) is 2.82. The SMILES string of the molecule is C#C[C@H](COC)NC(=O)c1cnc2n1CCOC2. The number of amides is 1. The molecular weight excluding hydrogens is 234 g/mol. The highest BCUT2D eigenvalue weighted by Crippen LogP contribution is 2.11. The number of imidazole rings is 1. The molecule has 0 fully saturated rings. The van der Waals surface area contributed by atoms with Gasteiger partial charge < -0.3 is 19.4 Å². The number of carbonyl (C=O) groups excluding carboxylic acids is 1. The third kappa shape index (κ3) is 2.53. The fourth-order valence-corrected chi connectivity index (χ4v) is 1.81. The Hall–Kier alpha value is -1.84. The number of nitrogens with zero attached hydrogens (tertiary/aromatic N) is 2. The Bertz CT molecular complexity index is 475. The van der Waals surface area contributed by atoms with E-state index in [1.807, 2.05) is 4.57 Å². The van der Waals surface area contributed by atoms with Crippen LogP contribution < -0.4 is 5.32 Å². The van der Waals surface area contributed by atoms with E-state index in [4.69, 9.17) is 15.9 Å². The van der Waals surface area contributed by atoms with E-state index >= 15 is 0 Å². The van der Waals surface area contributed by atoms with Crippen molar-refractivity contribution in [1.29, 1.82) is 0 Å². The van der Waals surface area contributed by atoms with E-state index in [9.17, 15) is 4.79 Å². The summed E-state index contributed by atoms with van der Waals surface area (Å²) in [6.45, 7) is 1.93. The van der Waals surface area contributed by atoms with Crippen LogP contribution in [0, 0.1) is 12.3 Å². The number of hydrogen-bond donors (Lipinski definition) is 1. The van der Waals surface area contributed by atoms with Crippen molar-refractivity contribution in [2.75, 3.05) is 20.3 Å². The number of carbonyl (C=O) groups is 1. The van der Waals surface area contributed by atoms with Crippen molar-refractivity contribution in [2.45, 2.75) is 19.2 Å². The molecular formula is C12H15N3O3. The zero-order valence-corrected chi connectivity index (χ0v) is 10.2. The molecule has 1 amide bonds. The number of nitrogens with one attached hydrogen (secondary N) is 1. The van der Waals surface area contributed by atoms with E-state index in [1.165, 1.54) is 7.11 Å². The van der Waals surface area contributed by atoms with Crippen molar-refractivity contribution in [3.05, 3.63) is 17.7 Å². The second-order valence-electron chi connectivity index (χ2n) is 3.91. The van der Waals surface area contributed by atoms with Crippen LogP contribution in [0.15, 0.2) is 6.20 Å². The molecule has 1 atom stereocenters. The van der Waals surface area contributed by atoms with Crippen LogP contribution in [0.3, 0.4) is 0 Å². The summed E-state index contributed by atoms with van der Waals surface area (Å²) in [6, 6.07) is -0.437. The maximum Gasteiger partial charge on any atom is 0.270 e. The third-order valence-electron chi connectivity index (χ3n) is 2.70. The average molecular weight is 249 g/mol. The minimum absolute atomic E-state index is 0.240. The van der Waals surface area contributed by atoms with Crippen LogP contribution in [-0.2, 0) is 22.6 Å². The molecule has 0 saturated carbocycles. The van der Waals surface area contributed by atoms with Crippen molar-refractivity contribution in [1.82, 2.24) is 14.9 Å². The van der Waals surface area contributed by atoms with Crippen molar-refractivity contribution >= 4 is 5.91 Å². The molecule has 0 saturated heterocycles. The second-order valence-corrected chi connectivity index (χ2v) is 3.91. The van der Waals surface area contributed by atoms with Gasteiger partial charge >= 0.3 is 0 Å². The number of hydrogen-bond acceptors (Lipinski definition) is 4. The zero-order chi connectivity index (χ0) is 13.0. The highest BCUT2D eigenvalue weighted by Gasteiger charge is 2.20. The molecule has 0 aromatic carbocycles. The zero-order valence-electron chi connectivity index (χ0n) is 10.2. The molecule has 6 nitrogen and oxygen atoms in total. The minimum atomic E-state index is -0.437. The quantitative estimate of drug-likeness (QED) is 0.750. The summed E-state index contributed by atoms with van der Waals surface area (Å²) < 4.78 is 12.0. The Morgan fingerprint density at radius 3 is 3.39 bits per heavy atom. The van der Waals surface area contributed by atoms with Crippen LogP contribution in [-0.4, -0.2) is 41.8 Å². The molecule has 18 heavy (non-hydrogen) atoms. The lowest BCUT2D eigenvalue weighted by Gasteiger charge is -2.17. The summed E-state index contributed by atoms with van der Waals surface area (Å²) in [5.41, 5.74) is 0.504. The molecule has 6 heteroatoms. The second kappa shape index (κ2) is 5.67. The largest absolute Gasteiger partial charge is 0.382 e. The first-order valence-corrected chi connectivity index (χ1v) is 5.64. The molecule has 1 aromatic heterocycles. The maximum atomic E-state index is 12.1. The molecule has 96 valence electrons. The van der Waals surface area contributed by atoms with E-state index in [-0.39, 0.29) is 12.5 Å². The van der Waals surface area contributed by atoms with Gasteiger partial charge in [-0.05, 0) is 0 Å². The van der Waals surface area contributed by atoms with Crippen molar-refractivity contribution in [3.63, 3.8) is 0 Å². The van der Waals surface area contributed by atoms with E-state index in [2.05, 4.69) is 16.2 Å². The first kappa shape index (κ1) is 12.6. The van der Waals surface area contributed by atoms with E-state index in [0.29, 0.717) is 25.5 Å². The van der Waals surface area contributed by atoms with Gasteiger partial charge in [-0.15, -0.1) is 6.42 Å². The number of rotatable bonds is 4. The molecule has 1 aliphatic rings. The molecule has 0 spiro atoms. The van der Waals surface area contributed by atoms with E-state index in [0.717, 1.165) is 5.82 Å². The number of methoxy groups -OCH3 is 1. The van der Waals surface area contributed by atoms with Crippen LogP contribution in [0.2, 0.25) is 0 Å². The van der Waals surface area contributed by atoms with Gasteiger partial charge in [-0.25, -0.2) is 4.98 Å². The van der Waals surface area contributed by atoms with E-state index < -0.39 is 6.04 Å². The van der Waals surface area contributed by atoms with Gasteiger partial charge in [0.25, 0.3) is 5.91 Å². The van der Waals surface area contributed by atoms with Crippen LogP contribution in [0.25, 0.3) is 0 Å². The Morgan fingerprint density at radius 1 is 1.83 bits per heavy atom. The van der Waals surface area contributed by atoms with Gasteiger partial charge in [-0.1, -0.05) is 5.92 Å². The maximum absolute atomic E-state index is 12.1. The first-order chi connectivity index (χ1) is 8.76. The summed E-state index contributed by atoms with van der Waals surface area (Å²) in [6.07, 6.45) is 6.85. The number of aromatic nitrogens is 2. The smallest absolute Gasteiger partial charge is 0.270 e. The summed E-state index contributed by atoms with van der Waals surface area (Å²) in [4.78, 5) is 16.2. The highest BCUT2D eigenvalue weighted by molar-refractivity contribution is 5.93. The number of terminal acetylenes is 1. The lowest BCUT2D eigenvalue weighted by molar-refractivity contribution is 0.0771. The molecule has 0 unspecified atom stereocenters. The molecule has 2 rings (SSSR count). The monoisotopic (exact) mass is 249 g/mol. The molecule has 0 bridgehead atoms. The van der Waals surface area contributed by atoms with Gasteiger partial charge in [0, 0.05) is 13.7 Å². The molecule has 1 aromatic rings. The molecule has 0 aliphatic carbocycles.